The van der Waals surface area contributed by atoms with Crippen molar-refractivity contribution in [3.8, 4) is 5.88 Å². The van der Waals surface area contributed by atoms with Gasteiger partial charge in [0.25, 0.3) is 0 Å². The number of carbonyl (C=O) groups is 1. The molecule has 2 aromatic carbocycles. The standard InChI is InChI=1S/C16H9ClN2O2/c17-8-5-6-12-10(7-8)13(16(21)19-12)14-15(20)9-3-1-2-4-11(9)18-14/h1-7,19,21H. The van der Waals surface area contributed by atoms with Gasteiger partial charge in [-0.15, -0.1) is 0 Å². The van der Waals surface area contributed by atoms with Gasteiger partial charge < -0.3 is 10.1 Å². The Kier molecular flexibility index (Phi) is 2.43. The van der Waals surface area contributed by atoms with E-state index in [1.54, 1.807) is 36.4 Å². The Labute approximate surface area is 124 Å². The number of nitrogens with zero attached hydrogens (tertiary/aromatic N) is 1. The first-order valence-corrected chi connectivity index (χ1v) is 6.76. The van der Waals surface area contributed by atoms with Crippen LogP contribution in [0.1, 0.15) is 15.9 Å². The molecule has 102 valence electrons. The van der Waals surface area contributed by atoms with Gasteiger partial charge in [-0.1, -0.05) is 23.7 Å². The zero-order valence-electron chi connectivity index (χ0n) is 10.7. The maximum atomic E-state index is 12.5. The molecular formula is C16H9ClN2O2. The molecule has 2 N–H and O–H groups in total. The number of Topliss-reactive ketones (excluding diaryl/α,β-unsaturated/α-hetero) is 1. The van der Waals surface area contributed by atoms with Gasteiger partial charge in [-0.3, -0.25) is 4.79 Å². The second-order valence-corrected chi connectivity index (χ2v) is 5.28. The molecule has 21 heavy (non-hydrogen) atoms. The van der Waals surface area contributed by atoms with E-state index in [-0.39, 0.29) is 17.4 Å². The number of aromatic hydroxyl groups is 1. The summed E-state index contributed by atoms with van der Waals surface area (Å²) in [6.07, 6.45) is 0. The lowest BCUT2D eigenvalue weighted by molar-refractivity contribution is 0.107. The zero-order chi connectivity index (χ0) is 14.6. The first-order chi connectivity index (χ1) is 10.1. The molecule has 4 rings (SSSR count). The molecule has 1 aromatic heterocycles. The zero-order valence-corrected chi connectivity index (χ0v) is 11.5. The van der Waals surface area contributed by atoms with Crippen molar-refractivity contribution in [3.05, 3.63) is 58.6 Å². The van der Waals surface area contributed by atoms with Gasteiger partial charge in [0.05, 0.1) is 11.3 Å². The Hall–Kier alpha value is -2.59. The smallest absolute Gasteiger partial charge is 0.214 e. The lowest BCUT2D eigenvalue weighted by atomic mass is 10.0. The maximum absolute atomic E-state index is 12.5. The quantitative estimate of drug-likeness (QED) is 0.716. The Morgan fingerprint density at radius 2 is 1.95 bits per heavy atom. The van der Waals surface area contributed by atoms with Crippen LogP contribution in [0.4, 0.5) is 5.69 Å². The van der Waals surface area contributed by atoms with Crippen molar-refractivity contribution in [2.24, 2.45) is 4.99 Å². The van der Waals surface area contributed by atoms with Crippen molar-refractivity contribution in [2.45, 2.75) is 0 Å². The Balaban J connectivity index is 1.99. The van der Waals surface area contributed by atoms with E-state index in [0.29, 0.717) is 32.7 Å². The van der Waals surface area contributed by atoms with Crippen molar-refractivity contribution in [3.63, 3.8) is 0 Å². The van der Waals surface area contributed by atoms with E-state index < -0.39 is 0 Å². The van der Waals surface area contributed by atoms with Crippen LogP contribution in [0.3, 0.4) is 0 Å². The summed E-state index contributed by atoms with van der Waals surface area (Å²) in [6.45, 7) is 0. The molecule has 0 amide bonds. The lowest BCUT2D eigenvalue weighted by Crippen LogP contribution is -2.10. The summed E-state index contributed by atoms with van der Waals surface area (Å²) in [7, 11) is 0. The van der Waals surface area contributed by atoms with Crippen molar-refractivity contribution in [2.75, 3.05) is 0 Å². The number of halogens is 1. The predicted octanol–water partition coefficient (Wildman–Crippen LogP) is 3.84. The number of fused-ring (bicyclic) bond motifs is 2. The summed E-state index contributed by atoms with van der Waals surface area (Å²) >= 11 is 6.01. The van der Waals surface area contributed by atoms with Crippen molar-refractivity contribution in [1.29, 1.82) is 0 Å². The molecule has 0 aliphatic carbocycles. The van der Waals surface area contributed by atoms with E-state index in [2.05, 4.69) is 9.98 Å². The number of aromatic nitrogens is 1. The summed E-state index contributed by atoms with van der Waals surface area (Å²) in [5, 5.41) is 11.4. The highest BCUT2D eigenvalue weighted by Crippen LogP contribution is 2.35. The molecule has 0 saturated carbocycles. The van der Waals surface area contributed by atoms with Crippen LogP contribution < -0.4 is 0 Å². The number of carbonyl (C=O) groups excluding carboxylic acids is 1. The SMILES string of the molecule is O=C1C(c2c(O)[nH]c3ccc(Cl)cc23)=Nc2ccccc21. The van der Waals surface area contributed by atoms with Gasteiger partial charge in [0.1, 0.15) is 5.71 Å². The fraction of sp³-hybridized carbons (Fsp3) is 0. The molecule has 0 bridgehead atoms. The van der Waals surface area contributed by atoms with Crippen LogP contribution in [-0.4, -0.2) is 21.6 Å². The average molecular weight is 297 g/mol. The molecule has 0 radical (unpaired) electrons. The molecule has 0 fully saturated rings. The highest BCUT2D eigenvalue weighted by Gasteiger charge is 2.29. The Morgan fingerprint density at radius 3 is 2.76 bits per heavy atom. The molecule has 0 saturated heterocycles. The first-order valence-electron chi connectivity index (χ1n) is 6.38. The third-order valence-electron chi connectivity index (χ3n) is 3.57. The number of aliphatic imine (C=N–C) groups is 1. The number of para-hydroxylation sites is 1. The largest absolute Gasteiger partial charge is 0.494 e. The minimum absolute atomic E-state index is 0.0767. The second-order valence-electron chi connectivity index (χ2n) is 4.85. The van der Waals surface area contributed by atoms with Crippen LogP contribution in [0.5, 0.6) is 5.88 Å². The molecule has 4 nitrogen and oxygen atoms in total. The van der Waals surface area contributed by atoms with E-state index >= 15 is 0 Å². The van der Waals surface area contributed by atoms with Crippen LogP contribution in [0, 0.1) is 0 Å². The van der Waals surface area contributed by atoms with E-state index in [0.717, 1.165) is 0 Å². The van der Waals surface area contributed by atoms with Crippen molar-refractivity contribution < 1.29 is 9.90 Å². The Bertz CT molecular complexity index is 941. The molecule has 0 spiro atoms. The lowest BCUT2D eigenvalue weighted by Gasteiger charge is -1.99. The van der Waals surface area contributed by atoms with Crippen LogP contribution in [0.2, 0.25) is 5.02 Å². The molecule has 1 aliphatic rings. The van der Waals surface area contributed by atoms with Gasteiger partial charge in [0, 0.05) is 21.5 Å². The van der Waals surface area contributed by atoms with Gasteiger partial charge in [-0.25, -0.2) is 4.99 Å². The van der Waals surface area contributed by atoms with E-state index in [4.69, 9.17) is 11.6 Å². The van der Waals surface area contributed by atoms with Crippen LogP contribution >= 0.6 is 11.6 Å². The minimum Gasteiger partial charge on any atom is -0.494 e. The summed E-state index contributed by atoms with van der Waals surface area (Å²) in [5.74, 6) is -0.269. The normalized spacial score (nSPS) is 13.6. The average Bonchev–Trinajstić information content (AvgIpc) is 2.96. The van der Waals surface area contributed by atoms with Crippen LogP contribution in [-0.2, 0) is 0 Å². The predicted molar refractivity (Wildman–Crippen MR) is 81.9 cm³/mol. The topological polar surface area (TPSA) is 65.4 Å². The summed E-state index contributed by atoms with van der Waals surface area (Å²) in [5.41, 5.74) is 2.51. The molecule has 0 atom stereocenters. The number of H-pyrrole nitrogens is 1. The monoisotopic (exact) mass is 296 g/mol. The number of rotatable bonds is 1. The summed E-state index contributed by atoms with van der Waals surface area (Å²) in [4.78, 5) is 19.7. The third-order valence-corrected chi connectivity index (χ3v) is 3.81. The van der Waals surface area contributed by atoms with Crippen LogP contribution in [0.25, 0.3) is 10.9 Å². The third kappa shape index (κ3) is 1.69. The molecular weight excluding hydrogens is 288 g/mol. The number of aromatic amines is 1. The highest BCUT2D eigenvalue weighted by atomic mass is 35.5. The first kappa shape index (κ1) is 12.2. The minimum atomic E-state index is -0.193. The number of benzene rings is 2. The van der Waals surface area contributed by atoms with Crippen LogP contribution in [0.15, 0.2) is 47.5 Å². The molecule has 0 unspecified atom stereocenters. The van der Waals surface area contributed by atoms with Gasteiger partial charge in [-0.05, 0) is 30.3 Å². The Morgan fingerprint density at radius 1 is 1.14 bits per heavy atom. The van der Waals surface area contributed by atoms with Gasteiger partial charge >= 0.3 is 0 Å². The number of nitrogens with one attached hydrogen (secondary N) is 1. The molecule has 3 aromatic rings. The number of hydrogen-bond donors (Lipinski definition) is 2. The van der Waals surface area contributed by atoms with Gasteiger partial charge in [-0.2, -0.15) is 0 Å². The molecule has 2 heterocycles. The molecule has 5 heteroatoms. The van der Waals surface area contributed by atoms with E-state index in [9.17, 15) is 9.90 Å². The van der Waals surface area contributed by atoms with E-state index in [1.165, 1.54) is 0 Å². The molecule has 1 aliphatic heterocycles. The highest BCUT2D eigenvalue weighted by molar-refractivity contribution is 6.56. The summed E-state index contributed by atoms with van der Waals surface area (Å²) in [6, 6.07) is 12.3. The van der Waals surface area contributed by atoms with Crippen molar-refractivity contribution in [1.82, 2.24) is 4.98 Å². The number of ketones is 1. The summed E-state index contributed by atoms with van der Waals surface area (Å²) < 4.78 is 0. The van der Waals surface area contributed by atoms with Crippen molar-refractivity contribution >= 4 is 39.7 Å². The van der Waals surface area contributed by atoms with E-state index in [1.807, 2.05) is 6.07 Å². The number of hydrogen-bond acceptors (Lipinski definition) is 3. The maximum Gasteiger partial charge on any atom is 0.214 e. The second kappa shape index (κ2) is 4.20. The van der Waals surface area contributed by atoms with Gasteiger partial charge in [0.15, 0.2) is 5.88 Å². The fourth-order valence-electron chi connectivity index (χ4n) is 2.62. The van der Waals surface area contributed by atoms with Gasteiger partial charge in [0.2, 0.25) is 5.78 Å². The fourth-order valence-corrected chi connectivity index (χ4v) is 2.79.